The van der Waals surface area contributed by atoms with Crippen LogP contribution in [0.2, 0.25) is 5.02 Å². The van der Waals surface area contributed by atoms with Gasteiger partial charge in [0.25, 0.3) is 0 Å². The Hall–Kier alpha value is -1.98. The summed E-state index contributed by atoms with van der Waals surface area (Å²) in [5, 5.41) is 0.736. The van der Waals surface area contributed by atoms with Crippen LogP contribution in [0.4, 0.5) is 0 Å². The van der Waals surface area contributed by atoms with Gasteiger partial charge >= 0.3 is 149 Å². The summed E-state index contributed by atoms with van der Waals surface area (Å²) < 4.78 is 10.8. The van der Waals surface area contributed by atoms with Crippen molar-refractivity contribution in [2.75, 3.05) is 0 Å². The number of imidazole rings is 1. The Morgan fingerprint density at radius 2 is 1.62 bits per heavy atom. The van der Waals surface area contributed by atoms with Crippen molar-refractivity contribution in [2.45, 2.75) is 0 Å². The Bertz CT molecular complexity index is 1140. The Morgan fingerprint density at radius 1 is 0.875 bits per heavy atom. The molecular weight excluding hydrogens is 431 g/mol. The van der Waals surface area contributed by atoms with Gasteiger partial charge in [0.2, 0.25) is 0 Å². The minimum absolute atomic E-state index is 0.736. The number of nitrogens with zero attached hydrogens (tertiary/aromatic N) is 2. The number of rotatable bonds is 1. The predicted molar refractivity (Wildman–Crippen MR) is 110 cm³/mol. The van der Waals surface area contributed by atoms with Crippen molar-refractivity contribution < 1.29 is 0 Å². The van der Waals surface area contributed by atoms with Gasteiger partial charge in [-0.25, -0.2) is 0 Å². The van der Waals surface area contributed by atoms with Crippen LogP contribution in [0.1, 0.15) is 0 Å². The molecule has 24 heavy (non-hydrogen) atoms. The van der Waals surface area contributed by atoms with Crippen molar-refractivity contribution >= 4 is 45.1 Å². The van der Waals surface area contributed by atoms with Gasteiger partial charge in [-0.3, -0.25) is 0 Å². The van der Waals surface area contributed by atoms with E-state index in [1.807, 2.05) is 18.2 Å². The molecule has 2 heterocycles. The van der Waals surface area contributed by atoms with Gasteiger partial charge in [0.15, 0.2) is 0 Å². The summed E-state index contributed by atoms with van der Waals surface area (Å²) in [6.07, 6.45) is 0. The van der Waals surface area contributed by atoms with Crippen LogP contribution in [0.5, 0.6) is 0 Å². The maximum absolute atomic E-state index is 6.53. The second-order valence-electron chi connectivity index (χ2n) is 5.76. The van der Waals surface area contributed by atoms with E-state index in [-0.39, 0.29) is 0 Å². The molecule has 1 unspecified atom stereocenters. The zero-order chi connectivity index (χ0) is 16.3. The first-order chi connectivity index (χ1) is 11.7. The van der Waals surface area contributed by atoms with E-state index in [9.17, 15) is 0 Å². The monoisotopic (exact) mass is 444 g/mol. The van der Waals surface area contributed by atoms with Crippen LogP contribution in [0, 0.1) is 11.0 Å². The summed E-state index contributed by atoms with van der Waals surface area (Å²) in [6, 6.07) is 25.1. The molecule has 0 saturated carbocycles. The molecule has 2 nitrogen and oxygen atoms in total. The van der Waals surface area contributed by atoms with Crippen LogP contribution in [-0.2, 0) is 0 Å². The van der Waals surface area contributed by atoms with E-state index in [0.29, 0.717) is 0 Å². The number of halogens is 2. The van der Waals surface area contributed by atoms with Crippen LogP contribution in [-0.4, -0.2) is 14.1 Å². The summed E-state index contributed by atoms with van der Waals surface area (Å²) in [5.74, 6) is 0. The van der Waals surface area contributed by atoms with Gasteiger partial charge in [0.05, 0.1) is 0 Å². The molecule has 4 heteroatoms. The van der Waals surface area contributed by atoms with E-state index >= 15 is 0 Å². The molecular formula is C20H14ClIN2. The third-order valence-corrected chi connectivity index (χ3v) is 12.8. The number of benzene rings is 3. The summed E-state index contributed by atoms with van der Waals surface area (Å²) in [6.45, 7) is 0. The van der Waals surface area contributed by atoms with Gasteiger partial charge in [0.1, 0.15) is 0 Å². The van der Waals surface area contributed by atoms with Crippen molar-refractivity contribution in [3.63, 3.8) is 0 Å². The average molecular weight is 445 g/mol. The molecule has 0 radical (unpaired) electrons. The van der Waals surface area contributed by atoms with Crippen LogP contribution in [0.15, 0.2) is 72.8 Å². The van der Waals surface area contributed by atoms with Gasteiger partial charge in [0, 0.05) is 0 Å². The third kappa shape index (κ3) is 1.71. The summed E-state index contributed by atoms with van der Waals surface area (Å²) in [4.78, 5) is 4.99. The number of aromatic nitrogens is 2. The van der Waals surface area contributed by atoms with E-state index in [2.05, 4.69) is 59.2 Å². The minimum atomic E-state index is -2.91. The quantitative estimate of drug-likeness (QED) is 0.318. The standard InChI is InChI=1S/C20H14ClIN2/c1-22(14-8-3-2-4-9-14)16-11-5-6-13-18(16)24-19-15(21)10-7-12-17(19)23-20(22)24/h2-13H,1H2. The molecule has 1 aliphatic rings. The fourth-order valence-electron chi connectivity index (χ4n) is 3.34. The molecule has 1 aromatic heterocycles. The van der Waals surface area contributed by atoms with Crippen molar-refractivity contribution in [3.05, 3.63) is 88.8 Å². The molecule has 0 fully saturated rings. The molecule has 0 saturated heterocycles. The Balaban J connectivity index is 1.99. The third-order valence-electron chi connectivity index (χ3n) is 4.42. The number of fused-ring (bicyclic) bond motifs is 5. The second-order valence-corrected chi connectivity index (χ2v) is 13.4. The second kappa shape index (κ2) is 5.01. The average Bonchev–Trinajstić information content (AvgIpc) is 3.13. The molecule has 3 aromatic carbocycles. The molecule has 0 N–H and O–H groups in total. The summed E-state index contributed by atoms with van der Waals surface area (Å²) in [7, 11) is 0. The Morgan fingerprint density at radius 3 is 2.46 bits per heavy atom. The molecule has 0 amide bonds. The zero-order valence-electron chi connectivity index (χ0n) is 12.8. The van der Waals surface area contributed by atoms with Gasteiger partial charge in [-0.05, 0) is 0 Å². The van der Waals surface area contributed by atoms with Gasteiger partial charge in [-0.1, -0.05) is 0 Å². The summed E-state index contributed by atoms with van der Waals surface area (Å²) in [5.41, 5.74) is 3.12. The number of hydrogen-bond donors (Lipinski definition) is 0. The van der Waals surface area contributed by atoms with Crippen molar-refractivity contribution in [1.82, 2.24) is 9.55 Å². The van der Waals surface area contributed by atoms with E-state index in [0.717, 1.165) is 19.9 Å². The molecule has 4 aromatic rings. The Kier molecular flexibility index (Phi) is 3.00. The first-order valence-corrected chi connectivity index (χ1v) is 12.8. The van der Waals surface area contributed by atoms with Crippen molar-refractivity contribution in [1.29, 1.82) is 0 Å². The van der Waals surface area contributed by atoms with Crippen molar-refractivity contribution in [3.8, 4) is 5.69 Å². The first-order valence-electron chi connectivity index (χ1n) is 7.62. The normalized spacial score (nSPS) is 21.2. The first kappa shape index (κ1) is 14.4. The molecule has 0 spiro atoms. The van der Waals surface area contributed by atoms with Gasteiger partial charge in [-0.15, -0.1) is 0 Å². The van der Waals surface area contributed by atoms with Crippen molar-refractivity contribution in [2.24, 2.45) is 0 Å². The van der Waals surface area contributed by atoms with Crippen LogP contribution < -0.4 is 0 Å². The maximum atomic E-state index is 6.53. The van der Waals surface area contributed by atoms with E-state index in [4.69, 9.17) is 21.1 Å². The SMILES string of the molecule is C=I1(c2ccccc2)c2ccccc2-n2c1nc1cccc(Cl)c12. The fourth-order valence-corrected chi connectivity index (χ4v) is 11.2. The molecule has 0 bridgehead atoms. The van der Waals surface area contributed by atoms with E-state index < -0.39 is 18.0 Å². The molecule has 1 aliphatic heterocycles. The number of hydrogen-bond acceptors (Lipinski definition) is 1. The van der Waals surface area contributed by atoms with Crippen LogP contribution in [0.25, 0.3) is 16.7 Å². The molecule has 1 atom stereocenters. The van der Waals surface area contributed by atoms with E-state index in [1.54, 1.807) is 0 Å². The predicted octanol–water partition coefficient (Wildman–Crippen LogP) is 5.38. The summed E-state index contributed by atoms with van der Waals surface area (Å²) >= 11 is 3.62. The van der Waals surface area contributed by atoms with Crippen LogP contribution in [0.3, 0.4) is 0 Å². The molecule has 5 rings (SSSR count). The topological polar surface area (TPSA) is 17.8 Å². The molecule has 0 aliphatic carbocycles. The zero-order valence-corrected chi connectivity index (χ0v) is 15.7. The van der Waals surface area contributed by atoms with E-state index in [1.165, 1.54) is 12.8 Å². The number of para-hydroxylation sites is 2. The Labute approximate surface area is 148 Å². The molecule has 118 valence electrons. The fraction of sp³-hybridized carbons (Fsp3) is 0. The van der Waals surface area contributed by atoms with Gasteiger partial charge in [-0.2, -0.15) is 0 Å². The van der Waals surface area contributed by atoms with Gasteiger partial charge < -0.3 is 0 Å². The van der Waals surface area contributed by atoms with Crippen LogP contribution >= 0.6 is 29.6 Å².